The van der Waals surface area contributed by atoms with Gasteiger partial charge in [0.15, 0.2) is 4.67 Å². The number of hydrogen-bond acceptors (Lipinski definition) is 2. The summed E-state index contributed by atoms with van der Waals surface area (Å²) in [5, 5.41) is 0. The van der Waals surface area contributed by atoms with Gasteiger partial charge in [0, 0.05) is 0 Å². The van der Waals surface area contributed by atoms with Crippen molar-refractivity contribution in [1.82, 2.24) is 0 Å². The minimum Gasteiger partial charge on any atom is -0.453 e. The van der Waals surface area contributed by atoms with Gasteiger partial charge in [0.1, 0.15) is 5.76 Å². The van der Waals surface area contributed by atoms with Gasteiger partial charge < -0.3 is 10.2 Å². The second-order valence-corrected chi connectivity index (χ2v) is 3.67. The van der Waals surface area contributed by atoms with Gasteiger partial charge in [-0.15, -0.1) is 12.4 Å². The molecular weight excluding hydrogens is 253 g/mol. The molecule has 1 heterocycles. The zero-order valence-electron chi connectivity index (χ0n) is 7.63. The van der Waals surface area contributed by atoms with Crippen molar-refractivity contribution in [3.63, 3.8) is 0 Å². The second-order valence-electron chi connectivity index (χ2n) is 2.89. The topological polar surface area (TPSA) is 39.2 Å². The van der Waals surface area contributed by atoms with E-state index in [1.807, 2.05) is 12.1 Å². The standard InChI is InChI=1S/C9H14BrNO.ClH/c1-2-3-4-7(11)8-5-6-9(10)12-8;/h5-7H,2-4,11H2,1H3;1H/t7-;/m1./s1. The fourth-order valence-corrected chi connectivity index (χ4v) is 1.41. The summed E-state index contributed by atoms with van der Waals surface area (Å²) in [7, 11) is 0. The quantitative estimate of drug-likeness (QED) is 0.905. The van der Waals surface area contributed by atoms with Crippen LogP contribution >= 0.6 is 28.3 Å². The summed E-state index contributed by atoms with van der Waals surface area (Å²) in [6.45, 7) is 2.16. The van der Waals surface area contributed by atoms with Crippen molar-refractivity contribution in [2.45, 2.75) is 32.2 Å². The van der Waals surface area contributed by atoms with Crippen molar-refractivity contribution in [1.29, 1.82) is 0 Å². The van der Waals surface area contributed by atoms with Gasteiger partial charge in [0.25, 0.3) is 0 Å². The van der Waals surface area contributed by atoms with Crippen LogP contribution in [0.3, 0.4) is 0 Å². The molecule has 1 aromatic heterocycles. The van der Waals surface area contributed by atoms with Crippen LogP contribution in [0.1, 0.15) is 38.0 Å². The van der Waals surface area contributed by atoms with Crippen LogP contribution in [0.5, 0.6) is 0 Å². The average molecular weight is 269 g/mol. The fraction of sp³-hybridized carbons (Fsp3) is 0.556. The van der Waals surface area contributed by atoms with Crippen molar-refractivity contribution in [2.24, 2.45) is 5.73 Å². The molecule has 1 rings (SSSR count). The molecule has 0 unspecified atom stereocenters. The van der Waals surface area contributed by atoms with E-state index >= 15 is 0 Å². The normalized spacial score (nSPS) is 12.2. The monoisotopic (exact) mass is 267 g/mol. The van der Waals surface area contributed by atoms with E-state index in [1.165, 1.54) is 6.42 Å². The van der Waals surface area contributed by atoms with Crippen LogP contribution in [0, 0.1) is 0 Å². The predicted octanol–water partition coefficient (Wildman–Crippen LogP) is 3.65. The molecule has 0 spiro atoms. The highest BCUT2D eigenvalue weighted by Gasteiger charge is 2.08. The van der Waals surface area contributed by atoms with Gasteiger partial charge in [0.05, 0.1) is 6.04 Å². The lowest BCUT2D eigenvalue weighted by Gasteiger charge is -2.06. The molecule has 0 amide bonds. The Balaban J connectivity index is 0.00000144. The minimum absolute atomic E-state index is 0. The number of halogens is 2. The maximum absolute atomic E-state index is 5.88. The molecule has 0 aliphatic heterocycles. The molecule has 0 bridgehead atoms. The van der Waals surface area contributed by atoms with E-state index < -0.39 is 0 Å². The second kappa shape index (κ2) is 6.46. The third-order valence-corrected chi connectivity index (χ3v) is 2.25. The molecule has 0 fully saturated rings. The van der Waals surface area contributed by atoms with Crippen LogP contribution in [-0.4, -0.2) is 0 Å². The Kier molecular flexibility index (Phi) is 6.47. The van der Waals surface area contributed by atoms with E-state index in [9.17, 15) is 0 Å². The lowest BCUT2D eigenvalue weighted by Crippen LogP contribution is -2.08. The summed E-state index contributed by atoms with van der Waals surface area (Å²) < 4.78 is 6.09. The van der Waals surface area contributed by atoms with Gasteiger partial charge in [-0.25, -0.2) is 0 Å². The van der Waals surface area contributed by atoms with Gasteiger partial charge in [-0.05, 0) is 34.5 Å². The molecule has 2 N–H and O–H groups in total. The predicted molar refractivity (Wildman–Crippen MR) is 60.1 cm³/mol. The zero-order valence-corrected chi connectivity index (χ0v) is 10.0. The number of unbranched alkanes of at least 4 members (excludes halogenated alkanes) is 1. The molecule has 0 saturated carbocycles. The SMILES string of the molecule is CCCC[C@@H](N)c1ccc(Br)o1.Cl. The molecule has 1 aromatic rings. The van der Waals surface area contributed by atoms with Gasteiger partial charge in [0.2, 0.25) is 0 Å². The molecule has 4 heteroatoms. The van der Waals surface area contributed by atoms with Gasteiger partial charge in [-0.1, -0.05) is 19.8 Å². The summed E-state index contributed by atoms with van der Waals surface area (Å²) in [6, 6.07) is 3.85. The van der Waals surface area contributed by atoms with E-state index in [-0.39, 0.29) is 18.4 Å². The van der Waals surface area contributed by atoms with Gasteiger partial charge >= 0.3 is 0 Å². The highest BCUT2D eigenvalue weighted by molar-refractivity contribution is 9.10. The Morgan fingerprint density at radius 3 is 2.69 bits per heavy atom. The van der Waals surface area contributed by atoms with Crippen molar-refractivity contribution >= 4 is 28.3 Å². The highest BCUT2D eigenvalue weighted by Crippen LogP contribution is 2.22. The molecule has 0 aromatic carbocycles. The largest absolute Gasteiger partial charge is 0.453 e. The van der Waals surface area contributed by atoms with E-state index in [0.717, 1.165) is 23.3 Å². The number of furan rings is 1. The Hall–Kier alpha value is 0.01000. The minimum atomic E-state index is 0. The highest BCUT2D eigenvalue weighted by atomic mass is 79.9. The maximum Gasteiger partial charge on any atom is 0.169 e. The van der Waals surface area contributed by atoms with Crippen LogP contribution in [0.2, 0.25) is 0 Å². The van der Waals surface area contributed by atoms with Crippen LogP contribution in [0.25, 0.3) is 0 Å². The first kappa shape index (κ1) is 13.0. The molecule has 1 atom stereocenters. The Morgan fingerprint density at radius 1 is 1.54 bits per heavy atom. The van der Waals surface area contributed by atoms with Crippen LogP contribution in [-0.2, 0) is 0 Å². The number of rotatable bonds is 4. The van der Waals surface area contributed by atoms with E-state index in [1.54, 1.807) is 0 Å². The Morgan fingerprint density at radius 2 is 2.23 bits per heavy atom. The van der Waals surface area contributed by atoms with Gasteiger partial charge in [-0.3, -0.25) is 0 Å². The molecule has 76 valence electrons. The Labute approximate surface area is 93.4 Å². The summed E-state index contributed by atoms with van der Waals surface area (Å²) >= 11 is 3.25. The maximum atomic E-state index is 5.88. The van der Waals surface area contributed by atoms with Crippen LogP contribution in [0.15, 0.2) is 21.2 Å². The first-order chi connectivity index (χ1) is 5.74. The molecule has 2 nitrogen and oxygen atoms in total. The molecule has 13 heavy (non-hydrogen) atoms. The van der Waals surface area contributed by atoms with Crippen molar-refractivity contribution in [3.05, 3.63) is 22.6 Å². The van der Waals surface area contributed by atoms with Crippen molar-refractivity contribution < 1.29 is 4.42 Å². The van der Waals surface area contributed by atoms with Gasteiger partial charge in [-0.2, -0.15) is 0 Å². The first-order valence-electron chi connectivity index (χ1n) is 4.25. The zero-order chi connectivity index (χ0) is 8.97. The van der Waals surface area contributed by atoms with Crippen LogP contribution < -0.4 is 5.73 Å². The van der Waals surface area contributed by atoms with E-state index in [0.29, 0.717) is 0 Å². The van der Waals surface area contributed by atoms with Crippen molar-refractivity contribution in [2.75, 3.05) is 0 Å². The Bertz CT molecular complexity index is 239. The summed E-state index contributed by atoms with van der Waals surface area (Å²) in [5.74, 6) is 0.871. The molecule has 0 aliphatic carbocycles. The molecule has 0 radical (unpaired) electrons. The lowest BCUT2D eigenvalue weighted by molar-refractivity contribution is 0.431. The van der Waals surface area contributed by atoms with E-state index in [2.05, 4.69) is 22.9 Å². The summed E-state index contributed by atoms with van der Waals surface area (Å²) in [6.07, 6.45) is 3.32. The number of hydrogen-bond donors (Lipinski definition) is 1. The third-order valence-electron chi connectivity index (χ3n) is 1.83. The first-order valence-corrected chi connectivity index (χ1v) is 5.04. The average Bonchev–Trinajstić information content (AvgIpc) is 2.47. The summed E-state index contributed by atoms with van der Waals surface area (Å²) in [5.41, 5.74) is 5.88. The number of nitrogens with two attached hydrogens (primary N) is 1. The molecule has 0 aliphatic rings. The molecular formula is C9H15BrClNO. The van der Waals surface area contributed by atoms with Crippen LogP contribution in [0.4, 0.5) is 0 Å². The summed E-state index contributed by atoms with van der Waals surface area (Å²) in [4.78, 5) is 0. The fourth-order valence-electron chi connectivity index (χ4n) is 1.09. The van der Waals surface area contributed by atoms with Crippen molar-refractivity contribution in [3.8, 4) is 0 Å². The van der Waals surface area contributed by atoms with E-state index in [4.69, 9.17) is 10.2 Å². The molecule has 0 saturated heterocycles. The smallest absolute Gasteiger partial charge is 0.169 e. The lowest BCUT2D eigenvalue weighted by atomic mass is 10.1. The third kappa shape index (κ3) is 4.16.